The van der Waals surface area contributed by atoms with Crippen molar-refractivity contribution in [2.75, 3.05) is 25.1 Å². The van der Waals surface area contributed by atoms with E-state index in [1.165, 1.54) is 12.1 Å². The summed E-state index contributed by atoms with van der Waals surface area (Å²) >= 11 is 5.18. The van der Waals surface area contributed by atoms with Gasteiger partial charge in [0.1, 0.15) is 0 Å². The molecule has 0 fully saturated rings. The molecule has 172 valence electrons. The van der Waals surface area contributed by atoms with Gasteiger partial charge in [-0.05, 0) is 55.4 Å². The summed E-state index contributed by atoms with van der Waals surface area (Å²) in [5.74, 6) is 0.478. The highest BCUT2D eigenvalue weighted by Crippen LogP contribution is 2.31. The van der Waals surface area contributed by atoms with Gasteiger partial charge in [-0.3, -0.25) is 15.6 Å². The Morgan fingerprint density at radius 3 is 2.59 bits per heavy atom. The number of amides is 1. The van der Waals surface area contributed by atoms with Crippen LogP contribution in [0.15, 0.2) is 41.3 Å². The molecule has 3 rings (SSSR count). The predicted molar refractivity (Wildman–Crippen MR) is 125 cm³/mol. The van der Waals surface area contributed by atoms with Crippen LogP contribution in [0.1, 0.15) is 24.0 Å². The number of aryl methyl sites for hydroxylation is 1. The first-order valence-corrected chi connectivity index (χ1v) is 12.0. The van der Waals surface area contributed by atoms with E-state index >= 15 is 0 Å². The van der Waals surface area contributed by atoms with Gasteiger partial charge in [0.15, 0.2) is 16.6 Å². The fraction of sp³-hybridized carbons (Fsp3) is 0.333. The van der Waals surface area contributed by atoms with Crippen LogP contribution in [0, 0.1) is 13.8 Å². The molecule has 0 bridgehead atoms. The van der Waals surface area contributed by atoms with E-state index in [0.29, 0.717) is 24.7 Å². The highest BCUT2D eigenvalue weighted by atomic mass is 32.2. The Kier molecular flexibility index (Phi) is 7.89. The lowest BCUT2D eigenvalue weighted by Crippen LogP contribution is -2.44. The third-order valence-corrected chi connectivity index (χ3v) is 6.50. The summed E-state index contributed by atoms with van der Waals surface area (Å²) in [5.41, 5.74) is 8.05. The molecular formula is C21H26N4O5S2. The van der Waals surface area contributed by atoms with Crippen molar-refractivity contribution in [1.29, 1.82) is 0 Å². The van der Waals surface area contributed by atoms with Crippen LogP contribution in [0.2, 0.25) is 0 Å². The molecule has 32 heavy (non-hydrogen) atoms. The van der Waals surface area contributed by atoms with Gasteiger partial charge >= 0.3 is 0 Å². The number of sulfonamides is 1. The molecule has 1 amide bonds. The van der Waals surface area contributed by atoms with E-state index in [1.807, 2.05) is 32.0 Å². The van der Waals surface area contributed by atoms with Crippen LogP contribution in [0.5, 0.6) is 11.5 Å². The number of benzene rings is 2. The first-order valence-electron chi connectivity index (χ1n) is 10.1. The van der Waals surface area contributed by atoms with Crippen LogP contribution in [0.4, 0.5) is 5.69 Å². The molecular weight excluding hydrogens is 452 g/mol. The molecule has 4 N–H and O–H groups in total. The molecule has 2 aromatic rings. The van der Waals surface area contributed by atoms with Gasteiger partial charge in [-0.2, -0.15) is 0 Å². The van der Waals surface area contributed by atoms with Crippen LogP contribution in [-0.4, -0.2) is 39.2 Å². The number of fused-ring (bicyclic) bond motifs is 1. The maximum Gasteiger partial charge on any atom is 0.240 e. The number of hydrazine groups is 1. The highest BCUT2D eigenvalue weighted by Gasteiger charge is 2.19. The Bertz CT molecular complexity index is 1110. The van der Waals surface area contributed by atoms with Gasteiger partial charge in [-0.1, -0.05) is 12.1 Å². The maximum atomic E-state index is 12.5. The van der Waals surface area contributed by atoms with E-state index < -0.39 is 15.9 Å². The Balaban J connectivity index is 1.45. The normalized spacial score (nSPS) is 13.1. The van der Waals surface area contributed by atoms with E-state index in [9.17, 15) is 13.2 Å². The zero-order valence-electron chi connectivity index (χ0n) is 17.9. The largest absolute Gasteiger partial charge is 0.490 e. The summed E-state index contributed by atoms with van der Waals surface area (Å²) in [6.45, 7) is 4.85. The van der Waals surface area contributed by atoms with E-state index in [-0.39, 0.29) is 23.0 Å². The average Bonchev–Trinajstić information content (AvgIpc) is 3.00. The topological polar surface area (TPSA) is 118 Å². The standard InChI is InChI=1S/C21H26N4O5S2/c1-14-5-3-6-17(15(14)2)23-21(31)25-24-20(26)9-10-22-32(27,28)16-7-8-18-19(13-16)30-12-4-11-29-18/h3,5-8,13,22H,4,9-12H2,1-2H3,(H,24,26)(H2,23,25,31). The van der Waals surface area contributed by atoms with Crippen molar-refractivity contribution in [3.05, 3.63) is 47.5 Å². The number of nitrogens with one attached hydrogen (secondary N) is 4. The van der Waals surface area contributed by atoms with Gasteiger partial charge in [0.25, 0.3) is 0 Å². The summed E-state index contributed by atoms with van der Waals surface area (Å²) in [5, 5.41) is 3.23. The van der Waals surface area contributed by atoms with Crippen LogP contribution >= 0.6 is 12.2 Å². The Morgan fingerprint density at radius 2 is 1.81 bits per heavy atom. The molecule has 11 heteroatoms. The number of carbonyl (C=O) groups excluding carboxylic acids is 1. The van der Waals surface area contributed by atoms with Crippen LogP contribution in [0.3, 0.4) is 0 Å². The highest BCUT2D eigenvalue weighted by molar-refractivity contribution is 7.89. The number of anilines is 1. The molecule has 9 nitrogen and oxygen atoms in total. The first kappa shape index (κ1) is 23.8. The zero-order valence-corrected chi connectivity index (χ0v) is 19.5. The summed E-state index contributed by atoms with van der Waals surface area (Å²) in [7, 11) is -3.81. The third-order valence-electron chi connectivity index (χ3n) is 4.84. The molecule has 2 aromatic carbocycles. The Hall–Kier alpha value is -2.89. The minimum absolute atomic E-state index is 0.0409. The Morgan fingerprint density at radius 1 is 1.06 bits per heavy atom. The number of rotatable bonds is 6. The van der Waals surface area contributed by atoms with Crippen molar-refractivity contribution < 1.29 is 22.7 Å². The molecule has 0 aromatic heterocycles. The van der Waals surface area contributed by atoms with Crippen molar-refractivity contribution in [3.63, 3.8) is 0 Å². The summed E-state index contributed by atoms with van der Waals surface area (Å²) in [4.78, 5) is 12.1. The molecule has 0 radical (unpaired) electrons. The van der Waals surface area contributed by atoms with E-state index in [1.54, 1.807) is 6.07 Å². The molecule has 0 saturated heterocycles. The fourth-order valence-electron chi connectivity index (χ4n) is 2.92. The molecule has 1 aliphatic heterocycles. The fourth-order valence-corrected chi connectivity index (χ4v) is 4.13. The third kappa shape index (κ3) is 6.31. The first-order chi connectivity index (χ1) is 15.3. The molecule has 1 aliphatic rings. The van der Waals surface area contributed by atoms with Gasteiger partial charge < -0.3 is 14.8 Å². The van der Waals surface area contributed by atoms with Gasteiger partial charge in [0.2, 0.25) is 15.9 Å². The average molecular weight is 479 g/mol. The minimum atomic E-state index is -3.81. The van der Waals surface area contributed by atoms with Gasteiger partial charge in [-0.15, -0.1) is 0 Å². The molecule has 0 atom stereocenters. The van der Waals surface area contributed by atoms with E-state index in [4.69, 9.17) is 21.7 Å². The number of thiocarbonyl (C=S) groups is 1. The van der Waals surface area contributed by atoms with Crippen molar-refractivity contribution >= 4 is 38.9 Å². The second-order valence-corrected chi connectivity index (χ2v) is 9.36. The number of ether oxygens (including phenoxy) is 2. The zero-order chi connectivity index (χ0) is 23.1. The summed E-state index contributed by atoms with van der Waals surface area (Å²) in [6, 6.07) is 10.2. The summed E-state index contributed by atoms with van der Waals surface area (Å²) in [6.07, 6.45) is 0.643. The van der Waals surface area contributed by atoms with Crippen molar-refractivity contribution in [2.24, 2.45) is 0 Å². The van der Waals surface area contributed by atoms with Crippen molar-refractivity contribution in [1.82, 2.24) is 15.6 Å². The van der Waals surface area contributed by atoms with Crippen LogP contribution < -0.4 is 30.4 Å². The minimum Gasteiger partial charge on any atom is -0.490 e. The van der Waals surface area contributed by atoms with Gasteiger partial charge in [-0.25, -0.2) is 13.1 Å². The van der Waals surface area contributed by atoms with Crippen molar-refractivity contribution in [2.45, 2.75) is 31.6 Å². The predicted octanol–water partition coefficient (Wildman–Crippen LogP) is 2.15. The number of hydrogen-bond donors (Lipinski definition) is 4. The van der Waals surface area contributed by atoms with Crippen molar-refractivity contribution in [3.8, 4) is 11.5 Å². The second-order valence-electron chi connectivity index (χ2n) is 7.18. The quantitative estimate of drug-likeness (QED) is 0.369. The molecule has 0 unspecified atom stereocenters. The second kappa shape index (κ2) is 10.6. The molecule has 0 spiro atoms. The lowest BCUT2D eigenvalue weighted by atomic mass is 10.1. The van der Waals surface area contributed by atoms with Crippen LogP contribution in [-0.2, 0) is 14.8 Å². The SMILES string of the molecule is Cc1cccc(NC(=S)NNC(=O)CCNS(=O)(=O)c2ccc3c(c2)OCCCO3)c1C. The van der Waals surface area contributed by atoms with E-state index in [2.05, 4.69) is 20.9 Å². The van der Waals surface area contributed by atoms with Crippen LogP contribution in [0.25, 0.3) is 0 Å². The molecule has 1 heterocycles. The number of hydrogen-bond acceptors (Lipinski definition) is 6. The van der Waals surface area contributed by atoms with Gasteiger partial charge in [0, 0.05) is 31.1 Å². The number of carbonyl (C=O) groups is 1. The maximum absolute atomic E-state index is 12.5. The lowest BCUT2D eigenvalue weighted by Gasteiger charge is -2.14. The summed E-state index contributed by atoms with van der Waals surface area (Å²) < 4.78 is 38.5. The lowest BCUT2D eigenvalue weighted by molar-refractivity contribution is -0.121. The van der Waals surface area contributed by atoms with E-state index in [0.717, 1.165) is 23.2 Å². The smallest absolute Gasteiger partial charge is 0.240 e. The Labute approximate surface area is 192 Å². The molecule has 0 aliphatic carbocycles. The van der Waals surface area contributed by atoms with Gasteiger partial charge in [0.05, 0.1) is 18.1 Å². The molecule has 0 saturated carbocycles. The monoisotopic (exact) mass is 478 g/mol.